The molecule has 0 saturated carbocycles. The highest BCUT2D eigenvalue weighted by Crippen LogP contribution is 2.21. The van der Waals surface area contributed by atoms with Crippen molar-refractivity contribution in [3.8, 4) is 5.75 Å². The Morgan fingerprint density at radius 1 is 1.37 bits per heavy atom. The van der Waals surface area contributed by atoms with Gasteiger partial charge in [-0.2, -0.15) is 0 Å². The second-order valence-corrected chi connectivity index (χ2v) is 5.46. The number of carbonyl (C=O) groups excluding carboxylic acids is 1. The third-order valence-corrected chi connectivity index (χ3v) is 4.19. The summed E-state index contributed by atoms with van der Waals surface area (Å²) in [5.41, 5.74) is 2.29. The van der Waals surface area contributed by atoms with E-state index in [2.05, 4.69) is 27.3 Å². The van der Waals surface area contributed by atoms with Crippen molar-refractivity contribution in [1.29, 1.82) is 0 Å². The summed E-state index contributed by atoms with van der Waals surface area (Å²) in [4.78, 5) is 12.6. The molecule has 100 valence electrons. The van der Waals surface area contributed by atoms with E-state index in [9.17, 15) is 4.79 Å². The van der Waals surface area contributed by atoms with Gasteiger partial charge in [-0.05, 0) is 11.1 Å². The average molecular weight is 340 g/mol. The number of methoxy groups -OCH3 is 1. The average Bonchev–Trinajstić information content (AvgIpc) is 2.94. The van der Waals surface area contributed by atoms with Crippen LogP contribution < -0.4 is 10.1 Å². The lowest BCUT2D eigenvalue weighted by Crippen LogP contribution is -2.21. The van der Waals surface area contributed by atoms with Crippen LogP contribution in [0, 0.1) is 0 Å². The van der Waals surface area contributed by atoms with Gasteiger partial charge in [-0.3, -0.25) is 4.79 Å². The molecule has 0 unspecified atom stereocenters. The summed E-state index contributed by atoms with van der Waals surface area (Å²) in [5.74, 6) is 0.647. The Labute approximate surface area is 124 Å². The Kier molecular flexibility index (Phi) is 4.99. The second kappa shape index (κ2) is 6.73. The van der Waals surface area contributed by atoms with Crippen molar-refractivity contribution >= 4 is 33.2 Å². The minimum absolute atomic E-state index is 0.0717. The summed E-state index contributed by atoms with van der Waals surface area (Å²) in [6, 6.07) is 9.86. The monoisotopic (exact) mass is 339 g/mol. The van der Waals surface area contributed by atoms with E-state index in [0.29, 0.717) is 11.4 Å². The molecule has 0 bridgehead atoms. The molecule has 3 nitrogen and oxygen atoms in total. The van der Waals surface area contributed by atoms with Crippen LogP contribution in [0.3, 0.4) is 0 Å². The van der Waals surface area contributed by atoms with Crippen LogP contribution in [-0.4, -0.2) is 13.0 Å². The number of rotatable bonds is 5. The van der Waals surface area contributed by atoms with Crippen LogP contribution in [0.25, 0.3) is 0 Å². The SMILES string of the molecule is COc1csc(C(=O)NCc2cccc(CBr)c2)c1. The van der Waals surface area contributed by atoms with Gasteiger partial charge < -0.3 is 10.1 Å². The van der Waals surface area contributed by atoms with E-state index in [1.165, 1.54) is 16.9 Å². The highest BCUT2D eigenvalue weighted by molar-refractivity contribution is 9.08. The van der Waals surface area contributed by atoms with Crippen LogP contribution >= 0.6 is 27.3 Å². The van der Waals surface area contributed by atoms with E-state index in [0.717, 1.165) is 16.6 Å². The summed E-state index contributed by atoms with van der Waals surface area (Å²) < 4.78 is 5.06. The first-order valence-corrected chi connectivity index (χ1v) is 7.77. The Hall–Kier alpha value is -1.33. The van der Waals surface area contributed by atoms with Gasteiger partial charge >= 0.3 is 0 Å². The van der Waals surface area contributed by atoms with Gasteiger partial charge in [0, 0.05) is 23.3 Å². The van der Waals surface area contributed by atoms with E-state index in [4.69, 9.17) is 4.74 Å². The first-order chi connectivity index (χ1) is 9.22. The largest absolute Gasteiger partial charge is 0.496 e. The normalized spacial score (nSPS) is 10.2. The molecule has 0 atom stereocenters. The molecule has 19 heavy (non-hydrogen) atoms. The number of hydrogen-bond acceptors (Lipinski definition) is 3. The molecule has 0 spiro atoms. The van der Waals surface area contributed by atoms with Crippen LogP contribution in [0.1, 0.15) is 20.8 Å². The van der Waals surface area contributed by atoms with Crippen molar-refractivity contribution in [2.45, 2.75) is 11.9 Å². The van der Waals surface area contributed by atoms with Gasteiger partial charge in [-0.15, -0.1) is 11.3 Å². The maximum absolute atomic E-state index is 11.9. The van der Waals surface area contributed by atoms with Crippen LogP contribution in [0.15, 0.2) is 35.7 Å². The molecule has 1 heterocycles. The van der Waals surface area contributed by atoms with Crippen molar-refractivity contribution in [1.82, 2.24) is 5.32 Å². The van der Waals surface area contributed by atoms with Crippen molar-refractivity contribution in [2.75, 3.05) is 7.11 Å². The molecule has 0 aliphatic rings. The number of carbonyl (C=O) groups is 1. The summed E-state index contributed by atoms with van der Waals surface area (Å²) in [6.07, 6.45) is 0. The quantitative estimate of drug-likeness (QED) is 0.845. The predicted molar refractivity (Wildman–Crippen MR) is 81.1 cm³/mol. The molecule has 1 N–H and O–H groups in total. The van der Waals surface area contributed by atoms with Crippen molar-refractivity contribution in [3.05, 3.63) is 51.7 Å². The zero-order chi connectivity index (χ0) is 13.7. The van der Waals surface area contributed by atoms with Crippen molar-refractivity contribution < 1.29 is 9.53 Å². The van der Waals surface area contributed by atoms with E-state index >= 15 is 0 Å². The topological polar surface area (TPSA) is 38.3 Å². The van der Waals surface area contributed by atoms with E-state index < -0.39 is 0 Å². The highest BCUT2D eigenvalue weighted by atomic mass is 79.9. The molecule has 0 aliphatic heterocycles. The van der Waals surface area contributed by atoms with Crippen LogP contribution in [0.4, 0.5) is 0 Å². The van der Waals surface area contributed by atoms with Crippen molar-refractivity contribution in [3.63, 3.8) is 0 Å². The van der Waals surface area contributed by atoms with Gasteiger partial charge in [0.2, 0.25) is 0 Å². The number of amides is 1. The maximum atomic E-state index is 11.9. The molecule has 1 aromatic heterocycles. The molecule has 0 saturated heterocycles. The number of hydrogen-bond donors (Lipinski definition) is 1. The number of benzene rings is 1. The van der Waals surface area contributed by atoms with Gasteiger partial charge in [-0.1, -0.05) is 40.2 Å². The van der Waals surface area contributed by atoms with Gasteiger partial charge in [-0.25, -0.2) is 0 Å². The fourth-order valence-electron chi connectivity index (χ4n) is 1.64. The zero-order valence-electron chi connectivity index (χ0n) is 10.5. The minimum atomic E-state index is -0.0717. The first-order valence-electron chi connectivity index (χ1n) is 5.77. The van der Waals surface area contributed by atoms with Crippen LogP contribution in [-0.2, 0) is 11.9 Å². The van der Waals surface area contributed by atoms with Gasteiger partial charge in [0.25, 0.3) is 5.91 Å². The van der Waals surface area contributed by atoms with Crippen LogP contribution in [0.5, 0.6) is 5.75 Å². The van der Waals surface area contributed by atoms with E-state index in [1.807, 2.05) is 23.6 Å². The van der Waals surface area contributed by atoms with Gasteiger partial charge in [0.1, 0.15) is 5.75 Å². The molecular weight excluding hydrogens is 326 g/mol. The summed E-state index contributed by atoms with van der Waals surface area (Å²) in [5, 5.41) is 5.54. The number of ether oxygens (including phenoxy) is 1. The smallest absolute Gasteiger partial charge is 0.261 e. The molecule has 1 aromatic carbocycles. The zero-order valence-corrected chi connectivity index (χ0v) is 12.9. The lowest BCUT2D eigenvalue weighted by molar-refractivity contribution is 0.0954. The van der Waals surface area contributed by atoms with Gasteiger partial charge in [0.05, 0.1) is 12.0 Å². The molecule has 0 aliphatic carbocycles. The Morgan fingerprint density at radius 2 is 2.16 bits per heavy atom. The second-order valence-electron chi connectivity index (χ2n) is 3.99. The fraction of sp³-hybridized carbons (Fsp3) is 0.214. The molecule has 0 radical (unpaired) electrons. The summed E-state index contributed by atoms with van der Waals surface area (Å²) >= 11 is 4.80. The number of nitrogens with one attached hydrogen (secondary N) is 1. The lowest BCUT2D eigenvalue weighted by Gasteiger charge is -2.05. The Morgan fingerprint density at radius 3 is 2.84 bits per heavy atom. The van der Waals surface area contributed by atoms with Gasteiger partial charge in [0.15, 0.2) is 0 Å². The van der Waals surface area contributed by atoms with E-state index in [1.54, 1.807) is 13.2 Å². The standard InChI is InChI=1S/C14H14BrNO2S/c1-18-12-6-13(19-9-12)14(17)16-8-11-4-2-3-10(5-11)7-15/h2-6,9H,7-8H2,1H3,(H,16,17). The molecular formula is C14H14BrNO2S. The third-order valence-electron chi connectivity index (χ3n) is 2.63. The predicted octanol–water partition coefficient (Wildman–Crippen LogP) is 3.58. The molecule has 5 heteroatoms. The summed E-state index contributed by atoms with van der Waals surface area (Å²) in [7, 11) is 1.59. The fourth-order valence-corrected chi connectivity index (χ4v) is 2.76. The highest BCUT2D eigenvalue weighted by Gasteiger charge is 2.09. The maximum Gasteiger partial charge on any atom is 0.261 e. The Balaban J connectivity index is 1.96. The first kappa shape index (κ1) is 14.1. The molecule has 2 aromatic rings. The summed E-state index contributed by atoms with van der Waals surface area (Å²) in [6.45, 7) is 0.528. The van der Waals surface area contributed by atoms with E-state index in [-0.39, 0.29) is 5.91 Å². The van der Waals surface area contributed by atoms with Crippen molar-refractivity contribution in [2.24, 2.45) is 0 Å². The molecule has 2 rings (SSSR count). The third kappa shape index (κ3) is 3.81. The number of alkyl halides is 1. The molecule has 1 amide bonds. The minimum Gasteiger partial charge on any atom is -0.496 e. The molecule has 0 fully saturated rings. The number of thiophene rings is 1. The Bertz CT molecular complexity index is 568. The van der Waals surface area contributed by atoms with Crippen LogP contribution in [0.2, 0.25) is 0 Å². The lowest BCUT2D eigenvalue weighted by atomic mass is 10.1. The number of halogens is 1.